The molecule has 2 rings (SSSR count). The molecular weight excluding hydrogens is 370 g/mol. The number of methoxy groups -OCH3 is 1. The second-order valence-electron chi connectivity index (χ2n) is 7.86. The van der Waals surface area contributed by atoms with E-state index in [0.29, 0.717) is 11.3 Å². The van der Waals surface area contributed by atoms with Crippen molar-refractivity contribution in [2.75, 3.05) is 12.8 Å². The van der Waals surface area contributed by atoms with E-state index >= 15 is 0 Å². The van der Waals surface area contributed by atoms with E-state index in [9.17, 15) is 14.4 Å². The highest BCUT2D eigenvalue weighted by molar-refractivity contribution is 6.33. The Bertz CT molecular complexity index is 741. The number of hydrogen-bond acceptors (Lipinski definition) is 5. The molecule has 4 N–H and O–H groups in total. The monoisotopic (exact) mass is 395 g/mol. The summed E-state index contributed by atoms with van der Waals surface area (Å²) >= 11 is 5.97. The number of carbonyl (C=O) groups is 3. The van der Waals surface area contributed by atoms with Crippen molar-refractivity contribution in [2.24, 2.45) is 11.3 Å². The number of nitrogen functional groups attached to an aromatic ring is 1. The normalized spacial score (nSPS) is 16.2. The van der Waals surface area contributed by atoms with Crippen molar-refractivity contribution in [3.63, 3.8) is 0 Å². The first-order valence-corrected chi connectivity index (χ1v) is 9.16. The van der Waals surface area contributed by atoms with E-state index in [0.717, 1.165) is 12.8 Å². The minimum Gasteiger partial charge on any atom is -0.467 e. The fourth-order valence-corrected chi connectivity index (χ4v) is 2.90. The lowest BCUT2D eigenvalue weighted by atomic mass is 9.85. The van der Waals surface area contributed by atoms with Crippen molar-refractivity contribution < 1.29 is 19.1 Å². The Kier molecular flexibility index (Phi) is 6.36. The topological polar surface area (TPSA) is 111 Å². The number of ether oxygens (including phenoxy) is 1. The molecule has 2 atom stereocenters. The van der Waals surface area contributed by atoms with E-state index in [1.165, 1.54) is 25.3 Å². The van der Waals surface area contributed by atoms with Crippen LogP contribution in [0.3, 0.4) is 0 Å². The van der Waals surface area contributed by atoms with Gasteiger partial charge in [0.05, 0.1) is 17.8 Å². The summed E-state index contributed by atoms with van der Waals surface area (Å²) in [5, 5.41) is 5.74. The Morgan fingerprint density at radius 3 is 2.33 bits per heavy atom. The lowest BCUT2D eigenvalue weighted by Gasteiger charge is -2.31. The van der Waals surface area contributed by atoms with Gasteiger partial charge in [-0.25, -0.2) is 4.79 Å². The Labute approximate surface area is 164 Å². The van der Waals surface area contributed by atoms with E-state index in [-0.39, 0.29) is 10.9 Å². The summed E-state index contributed by atoms with van der Waals surface area (Å²) in [6, 6.07) is 2.97. The van der Waals surface area contributed by atoms with Gasteiger partial charge < -0.3 is 21.1 Å². The Morgan fingerprint density at radius 2 is 1.85 bits per heavy atom. The van der Waals surface area contributed by atoms with Gasteiger partial charge in [0.15, 0.2) is 0 Å². The minimum atomic E-state index is -0.854. The number of benzene rings is 1. The maximum absolute atomic E-state index is 12.9. The molecule has 0 aromatic heterocycles. The number of amides is 2. The minimum absolute atomic E-state index is 0.0774. The molecule has 2 amide bonds. The summed E-state index contributed by atoms with van der Waals surface area (Å²) in [4.78, 5) is 37.4. The van der Waals surface area contributed by atoms with Crippen molar-refractivity contribution in [1.82, 2.24) is 10.6 Å². The molecule has 8 heteroatoms. The zero-order chi connectivity index (χ0) is 20.4. The number of esters is 1. The zero-order valence-corrected chi connectivity index (χ0v) is 16.7. The van der Waals surface area contributed by atoms with Crippen LogP contribution in [-0.4, -0.2) is 37.0 Å². The molecule has 1 fully saturated rings. The molecule has 148 valence electrons. The quantitative estimate of drug-likeness (QED) is 0.504. The smallest absolute Gasteiger partial charge is 0.328 e. The van der Waals surface area contributed by atoms with Gasteiger partial charge in [0.2, 0.25) is 5.91 Å². The molecule has 1 saturated carbocycles. The van der Waals surface area contributed by atoms with Crippen molar-refractivity contribution in [3.8, 4) is 0 Å². The fraction of sp³-hybridized carbons (Fsp3) is 0.526. The van der Waals surface area contributed by atoms with Gasteiger partial charge in [0.1, 0.15) is 12.1 Å². The van der Waals surface area contributed by atoms with Crippen LogP contribution in [0.5, 0.6) is 0 Å². The van der Waals surface area contributed by atoms with Crippen molar-refractivity contribution in [2.45, 2.75) is 45.7 Å². The number of nitrogens with one attached hydrogen (secondary N) is 2. The molecular formula is C19H26ClN3O4. The molecule has 0 saturated heterocycles. The molecule has 1 aliphatic rings. The van der Waals surface area contributed by atoms with E-state index < -0.39 is 35.3 Å². The molecule has 0 bridgehead atoms. The second-order valence-corrected chi connectivity index (χ2v) is 8.26. The van der Waals surface area contributed by atoms with Gasteiger partial charge in [-0.15, -0.1) is 0 Å². The predicted molar refractivity (Wildman–Crippen MR) is 103 cm³/mol. The van der Waals surface area contributed by atoms with E-state index in [2.05, 4.69) is 10.6 Å². The van der Waals surface area contributed by atoms with E-state index in [1.54, 1.807) is 0 Å². The maximum atomic E-state index is 12.9. The molecule has 1 aliphatic carbocycles. The highest BCUT2D eigenvalue weighted by atomic mass is 35.5. The Morgan fingerprint density at radius 1 is 1.22 bits per heavy atom. The summed E-state index contributed by atoms with van der Waals surface area (Å²) < 4.78 is 4.79. The van der Waals surface area contributed by atoms with E-state index in [1.807, 2.05) is 20.8 Å². The molecule has 0 aliphatic heterocycles. The van der Waals surface area contributed by atoms with Crippen LogP contribution in [0.25, 0.3) is 0 Å². The van der Waals surface area contributed by atoms with Crippen LogP contribution in [0.4, 0.5) is 5.69 Å². The van der Waals surface area contributed by atoms with Crippen molar-refractivity contribution in [3.05, 3.63) is 28.8 Å². The summed E-state index contributed by atoms with van der Waals surface area (Å²) in [5.74, 6) is -1.28. The SMILES string of the molecule is COC(=O)[C@@H](NC(=O)[C@@H](NC(=O)c1ccc(N)c(Cl)c1)C(C)(C)C)C1CC1. The Balaban J connectivity index is 2.16. The third-order valence-electron chi connectivity index (χ3n) is 4.51. The maximum Gasteiger partial charge on any atom is 0.328 e. The fourth-order valence-electron chi connectivity index (χ4n) is 2.72. The van der Waals surface area contributed by atoms with Gasteiger partial charge in [-0.05, 0) is 42.4 Å². The molecule has 0 heterocycles. The van der Waals surface area contributed by atoms with Crippen LogP contribution >= 0.6 is 11.6 Å². The molecule has 1 aromatic rings. The lowest BCUT2D eigenvalue weighted by molar-refractivity contribution is -0.146. The van der Waals surface area contributed by atoms with Crippen molar-refractivity contribution >= 4 is 35.1 Å². The van der Waals surface area contributed by atoms with E-state index in [4.69, 9.17) is 22.1 Å². The molecule has 1 aromatic carbocycles. The van der Waals surface area contributed by atoms with Crippen molar-refractivity contribution in [1.29, 1.82) is 0 Å². The number of halogens is 1. The van der Waals surface area contributed by atoms with Gasteiger partial charge >= 0.3 is 5.97 Å². The standard InChI is InChI=1S/C19H26ClN3O4/c1-19(2,3)15(17(25)22-14(10-5-6-10)18(26)27-4)23-16(24)11-7-8-13(21)12(20)9-11/h7-10,14-15H,5-6,21H2,1-4H3,(H,22,25)(H,23,24)/t14-,15+/m0/s1. The van der Waals surface area contributed by atoms with Crippen LogP contribution in [0.2, 0.25) is 5.02 Å². The van der Waals surface area contributed by atoms with Gasteiger partial charge in [0.25, 0.3) is 5.91 Å². The first kappa shape index (κ1) is 21.0. The number of carbonyl (C=O) groups excluding carboxylic acids is 3. The molecule has 0 spiro atoms. The summed E-state index contributed by atoms with van der Waals surface area (Å²) in [5.41, 5.74) is 5.74. The predicted octanol–water partition coefficient (Wildman–Crippen LogP) is 2.13. The highest BCUT2D eigenvalue weighted by Crippen LogP contribution is 2.33. The molecule has 7 nitrogen and oxygen atoms in total. The van der Waals surface area contributed by atoms with Crippen LogP contribution in [0.1, 0.15) is 44.0 Å². The lowest BCUT2D eigenvalue weighted by Crippen LogP contribution is -2.57. The molecule has 0 radical (unpaired) electrons. The third-order valence-corrected chi connectivity index (χ3v) is 4.84. The zero-order valence-electron chi connectivity index (χ0n) is 16.0. The highest BCUT2D eigenvalue weighted by Gasteiger charge is 2.41. The van der Waals surface area contributed by atoms with Crippen LogP contribution in [0, 0.1) is 11.3 Å². The average Bonchev–Trinajstić information content (AvgIpc) is 3.42. The largest absolute Gasteiger partial charge is 0.467 e. The molecule has 27 heavy (non-hydrogen) atoms. The van der Waals surface area contributed by atoms with Crippen LogP contribution < -0.4 is 16.4 Å². The average molecular weight is 396 g/mol. The summed E-state index contributed by atoms with van der Waals surface area (Å²) in [7, 11) is 1.29. The first-order chi connectivity index (χ1) is 12.5. The number of anilines is 1. The Hall–Kier alpha value is -2.28. The first-order valence-electron chi connectivity index (χ1n) is 8.78. The summed E-state index contributed by atoms with van der Waals surface area (Å²) in [6.07, 6.45) is 1.72. The summed E-state index contributed by atoms with van der Waals surface area (Å²) in [6.45, 7) is 5.49. The second kappa shape index (κ2) is 8.17. The van der Waals surface area contributed by atoms with Gasteiger partial charge in [-0.1, -0.05) is 32.4 Å². The molecule has 0 unspecified atom stereocenters. The van der Waals surface area contributed by atoms with Crippen LogP contribution in [-0.2, 0) is 14.3 Å². The van der Waals surface area contributed by atoms with Gasteiger partial charge in [-0.3, -0.25) is 9.59 Å². The number of hydrogen-bond donors (Lipinski definition) is 3. The third kappa shape index (κ3) is 5.35. The number of rotatable bonds is 6. The van der Waals surface area contributed by atoms with Crippen LogP contribution in [0.15, 0.2) is 18.2 Å². The number of nitrogens with two attached hydrogens (primary N) is 1. The van der Waals surface area contributed by atoms with Gasteiger partial charge in [0, 0.05) is 5.56 Å². The van der Waals surface area contributed by atoms with Gasteiger partial charge in [-0.2, -0.15) is 0 Å².